The number of rotatable bonds is 9. The molecule has 0 aliphatic heterocycles. The van der Waals surface area contributed by atoms with E-state index in [4.69, 9.17) is 0 Å². The fraction of sp³-hybridized carbons (Fsp3) is 0.647. The number of halogens is 1. The van der Waals surface area contributed by atoms with Gasteiger partial charge in [0.2, 0.25) is 0 Å². The molecule has 0 amide bonds. The maximum atomic E-state index is 3.68. The Morgan fingerprint density at radius 1 is 1.25 bits per heavy atom. The smallest absolute Gasteiger partial charge is 0.0318 e. The normalized spacial score (nSPS) is 13.2. The molecule has 1 rings (SSSR count). The molecule has 114 valence electrons. The zero-order valence-electron chi connectivity index (χ0n) is 13.3. The molecule has 0 heterocycles. The average Bonchev–Trinajstić information content (AvgIpc) is 2.42. The molecule has 2 nitrogen and oxygen atoms in total. The second kappa shape index (κ2) is 9.54. The van der Waals surface area contributed by atoms with Crippen LogP contribution in [0.4, 0.5) is 0 Å². The Bertz CT molecular complexity index is 379. The molecule has 0 bridgehead atoms. The quantitative estimate of drug-likeness (QED) is 0.660. The molecule has 0 spiro atoms. The van der Waals surface area contributed by atoms with Gasteiger partial charge in [-0.05, 0) is 70.9 Å². The molecule has 1 aromatic carbocycles. The third kappa shape index (κ3) is 6.38. The lowest BCUT2D eigenvalue weighted by molar-refractivity contribution is 0.267. The summed E-state index contributed by atoms with van der Waals surface area (Å²) in [6, 6.07) is 9.73. The van der Waals surface area contributed by atoms with Crippen LogP contribution >= 0.6 is 15.9 Å². The largest absolute Gasteiger partial charge is 0.310 e. The van der Waals surface area contributed by atoms with Gasteiger partial charge in [-0.1, -0.05) is 35.0 Å². The number of nitrogens with zero attached hydrogens (tertiary/aromatic N) is 1. The van der Waals surface area contributed by atoms with Gasteiger partial charge >= 0.3 is 0 Å². The predicted octanol–water partition coefficient (Wildman–Crippen LogP) is 4.61. The minimum atomic E-state index is 0.468. The Morgan fingerprint density at radius 2 is 2.00 bits per heavy atom. The highest BCUT2D eigenvalue weighted by Gasteiger charge is 2.08. The highest BCUT2D eigenvalue weighted by molar-refractivity contribution is 9.10. The summed E-state index contributed by atoms with van der Waals surface area (Å²) in [4.78, 5) is 2.41. The Balaban J connectivity index is 2.29. The van der Waals surface area contributed by atoms with Crippen molar-refractivity contribution in [2.75, 3.05) is 20.1 Å². The zero-order valence-corrected chi connectivity index (χ0v) is 14.9. The summed E-state index contributed by atoms with van der Waals surface area (Å²) in [6.45, 7) is 9.02. The molecule has 0 aromatic heterocycles. The third-order valence-corrected chi connectivity index (χ3v) is 4.36. The molecule has 1 N–H and O–H groups in total. The molecule has 0 aliphatic carbocycles. The lowest BCUT2D eigenvalue weighted by atomic mass is 10.0. The van der Waals surface area contributed by atoms with Crippen LogP contribution < -0.4 is 5.32 Å². The van der Waals surface area contributed by atoms with Gasteiger partial charge in [0.05, 0.1) is 0 Å². The molecule has 0 saturated heterocycles. The summed E-state index contributed by atoms with van der Waals surface area (Å²) in [5.41, 5.74) is 1.38. The van der Waals surface area contributed by atoms with Gasteiger partial charge in [-0.2, -0.15) is 0 Å². The molecule has 1 unspecified atom stereocenters. The van der Waals surface area contributed by atoms with E-state index < -0.39 is 0 Å². The van der Waals surface area contributed by atoms with Gasteiger partial charge in [-0.25, -0.2) is 0 Å². The summed E-state index contributed by atoms with van der Waals surface area (Å²) >= 11 is 3.55. The average molecular weight is 341 g/mol. The Kier molecular flexibility index (Phi) is 8.43. The monoisotopic (exact) mass is 340 g/mol. The maximum absolute atomic E-state index is 3.68. The minimum absolute atomic E-state index is 0.468. The lowest BCUT2D eigenvalue weighted by Crippen LogP contribution is -2.28. The highest BCUT2D eigenvalue weighted by atomic mass is 79.9. The van der Waals surface area contributed by atoms with E-state index in [1.165, 1.54) is 24.9 Å². The van der Waals surface area contributed by atoms with E-state index in [1.807, 2.05) is 0 Å². The van der Waals surface area contributed by atoms with E-state index in [2.05, 4.69) is 78.2 Å². The number of unbranched alkanes of at least 4 members (excludes halogenated alkanes) is 1. The summed E-state index contributed by atoms with van der Waals surface area (Å²) in [5, 5.41) is 3.68. The van der Waals surface area contributed by atoms with Crippen LogP contribution in [0.1, 0.15) is 51.6 Å². The zero-order chi connectivity index (χ0) is 15.0. The maximum Gasteiger partial charge on any atom is 0.0318 e. The molecular formula is C17H29BrN2. The van der Waals surface area contributed by atoms with Crippen molar-refractivity contribution >= 4 is 15.9 Å². The Morgan fingerprint density at radius 3 is 2.60 bits per heavy atom. The number of hydrogen-bond donors (Lipinski definition) is 1. The SMILES string of the molecule is CCC(NCCCCN(C)C(C)C)c1cccc(Br)c1. The van der Waals surface area contributed by atoms with Gasteiger partial charge < -0.3 is 10.2 Å². The fourth-order valence-corrected chi connectivity index (χ4v) is 2.66. The van der Waals surface area contributed by atoms with Crippen LogP contribution in [0.3, 0.4) is 0 Å². The first-order chi connectivity index (χ1) is 9.54. The number of benzene rings is 1. The first-order valence-electron chi connectivity index (χ1n) is 7.73. The van der Waals surface area contributed by atoms with Crippen molar-refractivity contribution in [3.63, 3.8) is 0 Å². The van der Waals surface area contributed by atoms with Gasteiger partial charge in [0.1, 0.15) is 0 Å². The van der Waals surface area contributed by atoms with E-state index in [0.717, 1.165) is 17.4 Å². The minimum Gasteiger partial charge on any atom is -0.310 e. The van der Waals surface area contributed by atoms with E-state index in [1.54, 1.807) is 0 Å². The number of nitrogens with one attached hydrogen (secondary N) is 1. The second-order valence-electron chi connectivity index (χ2n) is 5.75. The first kappa shape index (κ1) is 17.7. The highest BCUT2D eigenvalue weighted by Crippen LogP contribution is 2.20. The topological polar surface area (TPSA) is 15.3 Å². The fourth-order valence-electron chi connectivity index (χ4n) is 2.24. The molecule has 20 heavy (non-hydrogen) atoms. The number of hydrogen-bond acceptors (Lipinski definition) is 2. The van der Waals surface area contributed by atoms with Crippen molar-refractivity contribution in [1.29, 1.82) is 0 Å². The van der Waals surface area contributed by atoms with Gasteiger partial charge in [-0.15, -0.1) is 0 Å². The van der Waals surface area contributed by atoms with E-state index >= 15 is 0 Å². The molecular weight excluding hydrogens is 312 g/mol. The summed E-state index contributed by atoms with van der Waals surface area (Å²) < 4.78 is 1.16. The molecule has 1 atom stereocenters. The van der Waals surface area contributed by atoms with E-state index in [0.29, 0.717) is 12.1 Å². The molecule has 0 aliphatic rings. The van der Waals surface area contributed by atoms with Crippen molar-refractivity contribution in [2.45, 2.75) is 52.1 Å². The summed E-state index contributed by atoms with van der Waals surface area (Å²) in [5.74, 6) is 0. The molecule has 0 radical (unpaired) electrons. The predicted molar refractivity (Wildman–Crippen MR) is 92.2 cm³/mol. The first-order valence-corrected chi connectivity index (χ1v) is 8.53. The van der Waals surface area contributed by atoms with Crippen molar-refractivity contribution in [1.82, 2.24) is 10.2 Å². The molecule has 3 heteroatoms. The lowest BCUT2D eigenvalue weighted by Gasteiger charge is -2.21. The van der Waals surface area contributed by atoms with Crippen molar-refractivity contribution in [2.24, 2.45) is 0 Å². The van der Waals surface area contributed by atoms with Crippen LogP contribution in [-0.4, -0.2) is 31.1 Å². The Labute approximate surface area is 133 Å². The van der Waals surface area contributed by atoms with E-state index in [-0.39, 0.29) is 0 Å². The van der Waals surface area contributed by atoms with Gasteiger partial charge in [0.15, 0.2) is 0 Å². The molecule has 0 saturated carbocycles. The molecule has 0 fully saturated rings. The van der Waals surface area contributed by atoms with Gasteiger partial charge in [-0.3, -0.25) is 0 Å². The third-order valence-electron chi connectivity index (χ3n) is 3.87. The molecule has 1 aromatic rings. The summed E-state index contributed by atoms with van der Waals surface area (Å²) in [7, 11) is 2.20. The standard InChI is InChI=1S/C17H29BrN2/c1-5-17(15-9-8-10-16(18)13-15)19-11-6-7-12-20(4)14(2)3/h8-10,13-14,17,19H,5-7,11-12H2,1-4H3. The van der Waals surface area contributed by atoms with Crippen LogP contribution in [0, 0.1) is 0 Å². The Hall–Kier alpha value is -0.380. The van der Waals surface area contributed by atoms with Gasteiger partial charge in [0, 0.05) is 16.6 Å². The van der Waals surface area contributed by atoms with E-state index in [9.17, 15) is 0 Å². The van der Waals surface area contributed by atoms with Crippen molar-refractivity contribution < 1.29 is 0 Å². The van der Waals surface area contributed by atoms with Crippen molar-refractivity contribution in [3.05, 3.63) is 34.3 Å². The van der Waals surface area contributed by atoms with Gasteiger partial charge in [0.25, 0.3) is 0 Å². The summed E-state index contributed by atoms with van der Waals surface area (Å²) in [6.07, 6.45) is 3.63. The van der Waals surface area contributed by atoms with Crippen LogP contribution in [-0.2, 0) is 0 Å². The van der Waals surface area contributed by atoms with Crippen molar-refractivity contribution in [3.8, 4) is 0 Å². The van der Waals surface area contributed by atoms with Crippen LogP contribution in [0.5, 0.6) is 0 Å². The van der Waals surface area contributed by atoms with Crippen LogP contribution in [0.25, 0.3) is 0 Å². The van der Waals surface area contributed by atoms with Crippen LogP contribution in [0.2, 0.25) is 0 Å². The van der Waals surface area contributed by atoms with Crippen LogP contribution in [0.15, 0.2) is 28.7 Å². The second-order valence-corrected chi connectivity index (χ2v) is 6.67.